The molecule has 2 aliphatic rings. The summed E-state index contributed by atoms with van der Waals surface area (Å²) in [4.78, 5) is 14.8. The van der Waals surface area contributed by atoms with Gasteiger partial charge in [0.15, 0.2) is 0 Å². The van der Waals surface area contributed by atoms with Crippen molar-refractivity contribution in [3.63, 3.8) is 0 Å². The van der Waals surface area contributed by atoms with Crippen LogP contribution in [0.1, 0.15) is 36.6 Å². The molecule has 0 aliphatic carbocycles. The molecular formula is C24H27NO5. The zero-order valence-electron chi connectivity index (χ0n) is 17.4. The van der Waals surface area contributed by atoms with Crippen LogP contribution in [0.3, 0.4) is 0 Å². The van der Waals surface area contributed by atoms with Crippen LogP contribution < -0.4 is 4.74 Å². The SMILES string of the molecule is CCOC(c1ccccc1)c1ccc2c(c1)CN(C(=O)C1=C(C)OCCO1)CCO2. The van der Waals surface area contributed by atoms with Gasteiger partial charge in [0.25, 0.3) is 5.91 Å². The summed E-state index contributed by atoms with van der Waals surface area (Å²) in [5.41, 5.74) is 3.08. The smallest absolute Gasteiger partial charge is 0.292 e. The quantitative estimate of drug-likeness (QED) is 0.752. The molecule has 30 heavy (non-hydrogen) atoms. The van der Waals surface area contributed by atoms with E-state index in [9.17, 15) is 4.79 Å². The van der Waals surface area contributed by atoms with Crippen molar-refractivity contribution in [2.45, 2.75) is 26.5 Å². The summed E-state index contributed by atoms with van der Waals surface area (Å²) in [6.07, 6.45) is -0.172. The van der Waals surface area contributed by atoms with Gasteiger partial charge in [-0.1, -0.05) is 36.4 Å². The van der Waals surface area contributed by atoms with Gasteiger partial charge in [-0.3, -0.25) is 4.79 Å². The molecule has 0 bridgehead atoms. The average Bonchev–Trinajstić information content (AvgIpc) is 3.00. The number of fused-ring (bicyclic) bond motifs is 1. The maximum Gasteiger partial charge on any atom is 0.292 e. The Hall–Kier alpha value is -2.99. The van der Waals surface area contributed by atoms with E-state index in [0.29, 0.717) is 45.3 Å². The summed E-state index contributed by atoms with van der Waals surface area (Å²) in [5.74, 6) is 1.45. The van der Waals surface area contributed by atoms with Crippen molar-refractivity contribution in [3.8, 4) is 5.75 Å². The van der Waals surface area contributed by atoms with E-state index in [1.807, 2.05) is 37.3 Å². The van der Waals surface area contributed by atoms with Crippen molar-refractivity contribution in [1.29, 1.82) is 0 Å². The molecule has 4 rings (SSSR count). The second-order valence-corrected chi connectivity index (χ2v) is 7.27. The Morgan fingerprint density at radius 1 is 1.03 bits per heavy atom. The van der Waals surface area contributed by atoms with Crippen LogP contribution in [0.5, 0.6) is 5.75 Å². The maximum atomic E-state index is 13.1. The third-order valence-corrected chi connectivity index (χ3v) is 5.25. The molecule has 2 aliphatic heterocycles. The molecule has 1 atom stereocenters. The molecular weight excluding hydrogens is 382 g/mol. The summed E-state index contributed by atoms with van der Waals surface area (Å²) in [7, 11) is 0. The van der Waals surface area contributed by atoms with Crippen LogP contribution in [0, 0.1) is 0 Å². The first kappa shape index (κ1) is 20.3. The Morgan fingerprint density at radius 3 is 2.60 bits per heavy atom. The van der Waals surface area contributed by atoms with Crippen LogP contribution in [0.2, 0.25) is 0 Å². The predicted molar refractivity (Wildman–Crippen MR) is 112 cm³/mol. The Bertz CT molecular complexity index is 924. The molecule has 0 N–H and O–H groups in total. The van der Waals surface area contributed by atoms with Gasteiger partial charge in [0.05, 0.1) is 6.54 Å². The van der Waals surface area contributed by atoms with Crippen molar-refractivity contribution >= 4 is 5.91 Å². The van der Waals surface area contributed by atoms with E-state index in [1.165, 1.54) is 0 Å². The lowest BCUT2D eigenvalue weighted by atomic mass is 9.98. The minimum Gasteiger partial charge on any atom is -0.491 e. The molecule has 0 saturated heterocycles. The molecule has 2 aromatic rings. The number of rotatable bonds is 5. The lowest BCUT2D eigenvalue weighted by molar-refractivity contribution is -0.133. The van der Waals surface area contributed by atoms with Crippen LogP contribution in [-0.4, -0.2) is 43.8 Å². The van der Waals surface area contributed by atoms with Crippen LogP contribution in [0.4, 0.5) is 0 Å². The van der Waals surface area contributed by atoms with Crippen LogP contribution >= 0.6 is 0 Å². The van der Waals surface area contributed by atoms with Crippen molar-refractivity contribution in [2.75, 3.05) is 33.0 Å². The number of carbonyl (C=O) groups excluding carboxylic acids is 1. The fourth-order valence-corrected chi connectivity index (χ4v) is 3.79. The number of nitrogens with zero attached hydrogens (tertiary/aromatic N) is 1. The highest BCUT2D eigenvalue weighted by atomic mass is 16.6. The molecule has 2 heterocycles. The number of benzene rings is 2. The van der Waals surface area contributed by atoms with E-state index in [-0.39, 0.29) is 17.8 Å². The molecule has 2 aromatic carbocycles. The Kier molecular flexibility index (Phi) is 6.23. The Balaban J connectivity index is 1.62. The highest BCUT2D eigenvalue weighted by molar-refractivity contribution is 5.92. The van der Waals surface area contributed by atoms with E-state index in [2.05, 4.69) is 18.2 Å². The lowest BCUT2D eigenvalue weighted by Crippen LogP contribution is -2.36. The number of allylic oxidation sites excluding steroid dienone is 1. The Morgan fingerprint density at radius 2 is 1.83 bits per heavy atom. The molecule has 0 spiro atoms. The molecule has 0 fully saturated rings. The van der Waals surface area contributed by atoms with Gasteiger partial charge >= 0.3 is 0 Å². The lowest BCUT2D eigenvalue weighted by Gasteiger charge is -2.25. The van der Waals surface area contributed by atoms with Crippen molar-refractivity contribution in [2.24, 2.45) is 0 Å². The van der Waals surface area contributed by atoms with E-state index >= 15 is 0 Å². The fourth-order valence-electron chi connectivity index (χ4n) is 3.79. The normalized spacial score (nSPS) is 17.2. The third kappa shape index (κ3) is 4.28. The van der Waals surface area contributed by atoms with Gasteiger partial charge < -0.3 is 23.8 Å². The number of amides is 1. The van der Waals surface area contributed by atoms with Crippen molar-refractivity contribution in [1.82, 2.24) is 4.90 Å². The monoisotopic (exact) mass is 409 g/mol. The number of carbonyl (C=O) groups is 1. The second kappa shape index (κ2) is 9.22. The first-order valence-electron chi connectivity index (χ1n) is 10.3. The third-order valence-electron chi connectivity index (χ3n) is 5.25. The fraction of sp³-hybridized carbons (Fsp3) is 0.375. The molecule has 6 nitrogen and oxygen atoms in total. The van der Waals surface area contributed by atoms with Gasteiger partial charge in [0, 0.05) is 18.7 Å². The van der Waals surface area contributed by atoms with Gasteiger partial charge in [-0.05, 0) is 37.1 Å². The molecule has 1 unspecified atom stereocenters. The van der Waals surface area contributed by atoms with Gasteiger partial charge in [0.1, 0.15) is 37.4 Å². The van der Waals surface area contributed by atoms with Crippen LogP contribution in [-0.2, 0) is 25.5 Å². The van der Waals surface area contributed by atoms with E-state index in [4.69, 9.17) is 18.9 Å². The molecule has 0 saturated carbocycles. The first-order chi connectivity index (χ1) is 14.7. The van der Waals surface area contributed by atoms with Gasteiger partial charge in [-0.2, -0.15) is 0 Å². The highest BCUT2D eigenvalue weighted by Gasteiger charge is 2.28. The van der Waals surface area contributed by atoms with Gasteiger partial charge in [0.2, 0.25) is 5.76 Å². The zero-order chi connectivity index (χ0) is 20.9. The zero-order valence-corrected chi connectivity index (χ0v) is 17.4. The van der Waals surface area contributed by atoms with Crippen molar-refractivity contribution in [3.05, 3.63) is 76.7 Å². The predicted octanol–water partition coefficient (Wildman–Crippen LogP) is 3.81. The summed E-state index contributed by atoms with van der Waals surface area (Å²) >= 11 is 0. The summed E-state index contributed by atoms with van der Waals surface area (Å²) < 4.78 is 23.1. The van der Waals surface area contributed by atoms with E-state index in [1.54, 1.807) is 11.8 Å². The largest absolute Gasteiger partial charge is 0.491 e. The summed E-state index contributed by atoms with van der Waals surface area (Å²) in [6.45, 7) is 6.56. The van der Waals surface area contributed by atoms with Crippen LogP contribution in [0.25, 0.3) is 0 Å². The van der Waals surface area contributed by atoms with Crippen LogP contribution in [0.15, 0.2) is 60.0 Å². The molecule has 6 heteroatoms. The van der Waals surface area contributed by atoms with Gasteiger partial charge in [-0.25, -0.2) is 0 Å². The number of hydrogen-bond acceptors (Lipinski definition) is 5. The summed E-state index contributed by atoms with van der Waals surface area (Å²) in [5, 5.41) is 0. The average molecular weight is 409 g/mol. The minimum atomic E-state index is -0.172. The minimum absolute atomic E-state index is 0.168. The topological polar surface area (TPSA) is 57.2 Å². The first-order valence-corrected chi connectivity index (χ1v) is 10.3. The molecule has 158 valence electrons. The number of hydrogen-bond donors (Lipinski definition) is 0. The summed E-state index contributed by atoms with van der Waals surface area (Å²) in [6, 6.07) is 16.2. The van der Waals surface area contributed by atoms with E-state index < -0.39 is 0 Å². The number of ether oxygens (including phenoxy) is 4. The molecule has 0 aromatic heterocycles. The maximum absolute atomic E-state index is 13.1. The molecule has 0 radical (unpaired) electrons. The molecule has 1 amide bonds. The standard InChI is InChI=1S/C24H27NO5/c1-3-27-23(18-7-5-4-6-8-18)19-9-10-21-20(15-19)16-25(11-12-29-21)24(26)22-17(2)28-13-14-30-22/h4-10,15,23H,3,11-14,16H2,1-2H3. The Labute approximate surface area is 177 Å². The second-order valence-electron chi connectivity index (χ2n) is 7.27. The van der Waals surface area contributed by atoms with E-state index in [0.717, 1.165) is 22.4 Å². The van der Waals surface area contributed by atoms with Gasteiger partial charge in [-0.15, -0.1) is 0 Å². The van der Waals surface area contributed by atoms with Crippen molar-refractivity contribution < 1.29 is 23.7 Å². The highest BCUT2D eigenvalue weighted by Crippen LogP contribution is 2.32.